The van der Waals surface area contributed by atoms with Crippen LogP contribution in [0.2, 0.25) is 0 Å². The zero-order valence-corrected chi connectivity index (χ0v) is 25.8. The molecule has 4 heterocycles. The summed E-state index contributed by atoms with van der Waals surface area (Å²) >= 11 is 0. The lowest BCUT2D eigenvalue weighted by molar-refractivity contribution is 0.0194. The number of nitrogens with two attached hydrogens (primary N) is 1. The Hall–Kier alpha value is -5.00. The number of rotatable bonds is 3. The summed E-state index contributed by atoms with van der Waals surface area (Å²) in [5, 5.41) is 7.48. The number of anilines is 2. The maximum Gasteiger partial charge on any atom is 0.413 e. The van der Waals surface area contributed by atoms with E-state index in [1.807, 2.05) is 37.6 Å². The van der Waals surface area contributed by atoms with E-state index in [4.69, 9.17) is 20.3 Å². The molecule has 3 N–H and O–H groups in total. The van der Waals surface area contributed by atoms with Gasteiger partial charge in [-0.25, -0.2) is 23.9 Å². The van der Waals surface area contributed by atoms with Gasteiger partial charge in [-0.05, 0) is 95.6 Å². The first kappa shape index (κ1) is 31.9. The number of hydrogen-bond acceptors (Lipinski definition) is 8. The molecule has 0 aliphatic carbocycles. The van der Waals surface area contributed by atoms with Crippen molar-refractivity contribution in [2.24, 2.45) is 0 Å². The van der Waals surface area contributed by atoms with Crippen LogP contribution >= 0.6 is 0 Å². The van der Waals surface area contributed by atoms with Crippen LogP contribution in [0.15, 0.2) is 67.0 Å². The van der Waals surface area contributed by atoms with E-state index in [9.17, 15) is 14.0 Å². The van der Waals surface area contributed by atoms with Crippen molar-refractivity contribution in [3.8, 4) is 22.4 Å². The molecule has 1 aromatic carbocycles. The molecular weight excluding hydrogens is 565 g/mol. The Morgan fingerprint density at radius 1 is 0.886 bits per heavy atom. The summed E-state index contributed by atoms with van der Waals surface area (Å²) in [5.41, 5.74) is 7.61. The van der Waals surface area contributed by atoms with Gasteiger partial charge in [-0.2, -0.15) is 5.10 Å². The molecule has 0 radical (unpaired) electrons. The fourth-order valence-corrected chi connectivity index (χ4v) is 4.35. The molecule has 1 aliphatic heterocycles. The third-order valence-corrected chi connectivity index (χ3v) is 6.11. The second kappa shape index (κ2) is 13.1. The van der Waals surface area contributed by atoms with Crippen molar-refractivity contribution < 1.29 is 23.5 Å². The van der Waals surface area contributed by atoms with Gasteiger partial charge in [0.05, 0.1) is 18.8 Å². The second-order valence-corrected chi connectivity index (χ2v) is 12.1. The second-order valence-electron chi connectivity index (χ2n) is 12.1. The van der Waals surface area contributed by atoms with Gasteiger partial charge in [0.2, 0.25) is 0 Å². The van der Waals surface area contributed by atoms with Crippen LogP contribution in [0.3, 0.4) is 0 Å². The van der Waals surface area contributed by atoms with Gasteiger partial charge in [0.15, 0.2) is 0 Å². The molecule has 0 bridgehead atoms. The van der Waals surface area contributed by atoms with Crippen molar-refractivity contribution in [2.75, 3.05) is 17.6 Å². The summed E-state index contributed by atoms with van der Waals surface area (Å²) in [6.45, 7) is 12.0. The lowest BCUT2D eigenvalue weighted by Gasteiger charge is -2.30. The van der Waals surface area contributed by atoms with Gasteiger partial charge in [-0.1, -0.05) is 6.07 Å². The third kappa shape index (κ3) is 8.76. The van der Waals surface area contributed by atoms with Crippen LogP contribution in [0.25, 0.3) is 22.4 Å². The number of nitrogens with zero attached hydrogens (tertiary/aromatic N) is 5. The molecule has 0 fully saturated rings. The quantitative estimate of drug-likeness (QED) is 0.270. The number of carbonyl (C=O) groups is 2. The monoisotopic (exact) mass is 603 g/mol. The zero-order chi connectivity index (χ0) is 32.1. The maximum absolute atomic E-state index is 13.7. The molecule has 0 saturated carbocycles. The highest BCUT2D eigenvalue weighted by atomic mass is 19.1. The maximum atomic E-state index is 13.7. The van der Waals surface area contributed by atoms with Gasteiger partial charge in [0.1, 0.15) is 34.3 Å². The van der Waals surface area contributed by atoms with Gasteiger partial charge in [0, 0.05) is 30.1 Å². The molecule has 0 spiro atoms. The molecule has 0 unspecified atom stereocenters. The molecule has 3 aromatic heterocycles. The third-order valence-electron chi connectivity index (χ3n) is 6.11. The van der Waals surface area contributed by atoms with E-state index in [2.05, 4.69) is 15.3 Å². The molecule has 0 saturated heterocycles. The van der Waals surface area contributed by atoms with Gasteiger partial charge < -0.3 is 20.1 Å². The van der Waals surface area contributed by atoms with Crippen molar-refractivity contribution in [1.82, 2.24) is 24.6 Å². The molecule has 2 amide bonds. The number of amides is 2. The number of benzene rings is 1. The number of nitrogen functional groups attached to an aromatic ring is 1. The minimum atomic E-state index is -0.659. The van der Waals surface area contributed by atoms with Crippen LogP contribution in [0, 0.1) is 5.82 Å². The molecule has 44 heavy (non-hydrogen) atoms. The van der Waals surface area contributed by atoms with E-state index in [0.29, 0.717) is 30.4 Å². The Morgan fingerprint density at radius 3 is 2.18 bits per heavy atom. The summed E-state index contributed by atoms with van der Waals surface area (Å²) in [7, 11) is 0. The van der Waals surface area contributed by atoms with Crippen molar-refractivity contribution in [1.29, 1.82) is 0 Å². The summed E-state index contributed by atoms with van der Waals surface area (Å²) < 4.78 is 26.5. The molecule has 5 rings (SSSR count). The minimum Gasteiger partial charge on any atom is -0.444 e. The minimum absolute atomic E-state index is 0.273. The first-order valence-electron chi connectivity index (χ1n) is 14.1. The molecule has 1 aliphatic rings. The van der Waals surface area contributed by atoms with Gasteiger partial charge in [-0.15, -0.1) is 0 Å². The fourth-order valence-electron chi connectivity index (χ4n) is 4.35. The normalized spacial score (nSPS) is 12.8. The van der Waals surface area contributed by atoms with Crippen LogP contribution in [0.1, 0.15) is 47.2 Å². The highest BCUT2D eigenvalue weighted by molar-refractivity contribution is 5.87. The van der Waals surface area contributed by atoms with E-state index < -0.39 is 23.4 Å². The summed E-state index contributed by atoms with van der Waals surface area (Å²) in [4.78, 5) is 34.8. The average molecular weight is 604 g/mol. The number of ether oxygens (including phenoxy) is 2. The highest BCUT2D eigenvalue weighted by Gasteiger charge is 2.31. The molecule has 4 aromatic rings. The number of halogens is 1. The lowest BCUT2D eigenvalue weighted by Crippen LogP contribution is -2.41. The van der Waals surface area contributed by atoms with Crippen molar-refractivity contribution in [3.63, 3.8) is 0 Å². The molecule has 0 atom stereocenters. The SMILES string of the molecule is CC(C)(C)OC(=O)Nc1cc(-c2c(-c3ccc(F)cc3)nn3c2CN(C(=O)OC(C)(C)C)CC3)ccn1.Nc1ccccn1. The standard InChI is InChI=1S/C27H32FN5O4.C5H6N2/c1-26(2,3)36-24(34)30-21-15-18(11-12-29-21)22-20-16-32(25(35)37-27(4,5)6)13-14-33(20)31-23(22)17-7-9-19(28)10-8-17;6-5-3-1-2-4-7-5/h7-12,15H,13-14,16H2,1-6H3,(H,29,30,34);1-4H,(H2,6,7). The van der Waals surface area contributed by atoms with Crippen LogP contribution in [0.5, 0.6) is 0 Å². The number of aromatic nitrogens is 4. The Morgan fingerprint density at radius 2 is 1.59 bits per heavy atom. The number of fused-ring (bicyclic) bond motifs is 1. The Balaban J connectivity index is 0.000000555. The highest BCUT2D eigenvalue weighted by Crippen LogP contribution is 2.37. The van der Waals surface area contributed by atoms with Crippen molar-refractivity contribution >= 4 is 23.8 Å². The number of nitrogens with one attached hydrogen (secondary N) is 1. The fraction of sp³-hybridized carbons (Fsp3) is 0.344. The average Bonchev–Trinajstić information content (AvgIpc) is 3.31. The van der Waals surface area contributed by atoms with E-state index in [1.165, 1.54) is 12.1 Å². The van der Waals surface area contributed by atoms with E-state index in [0.717, 1.165) is 22.4 Å². The summed E-state index contributed by atoms with van der Waals surface area (Å²) in [5.74, 6) is 0.525. The molecule has 11 nitrogen and oxygen atoms in total. The van der Waals surface area contributed by atoms with Crippen molar-refractivity contribution in [2.45, 2.75) is 65.8 Å². The molecular formula is C32H38FN7O4. The molecule has 12 heteroatoms. The van der Waals surface area contributed by atoms with E-state index >= 15 is 0 Å². The first-order valence-corrected chi connectivity index (χ1v) is 14.1. The van der Waals surface area contributed by atoms with E-state index in [1.54, 1.807) is 68.4 Å². The van der Waals surface area contributed by atoms with Gasteiger partial charge in [0.25, 0.3) is 0 Å². The number of carbonyl (C=O) groups excluding carboxylic acids is 2. The Bertz CT molecular complexity index is 1590. The topological polar surface area (TPSA) is 137 Å². The van der Waals surface area contributed by atoms with Crippen LogP contribution in [-0.2, 0) is 22.6 Å². The van der Waals surface area contributed by atoms with Crippen molar-refractivity contribution in [3.05, 3.63) is 78.5 Å². The van der Waals surface area contributed by atoms with Crippen LogP contribution < -0.4 is 11.1 Å². The summed E-state index contributed by atoms with van der Waals surface area (Å²) in [6.07, 6.45) is 2.21. The predicted octanol–water partition coefficient (Wildman–Crippen LogP) is 6.51. The van der Waals surface area contributed by atoms with Gasteiger partial charge in [-0.3, -0.25) is 10.00 Å². The summed E-state index contributed by atoms with van der Waals surface area (Å²) in [6, 6.07) is 15.1. The Labute approximate surface area is 256 Å². The van der Waals surface area contributed by atoms with E-state index in [-0.39, 0.29) is 12.4 Å². The zero-order valence-electron chi connectivity index (χ0n) is 25.8. The number of pyridine rings is 2. The van der Waals surface area contributed by atoms with Gasteiger partial charge >= 0.3 is 12.2 Å². The lowest BCUT2D eigenvalue weighted by atomic mass is 9.98. The largest absolute Gasteiger partial charge is 0.444 e. The predicted molar refractivity (Wildman–Crippen MR) is 166 cm³/mol. The Kier molecular flexibility index (Phi) is 9.51. The number of hydrogen-bond donors (Lipinski definition) is 2. The van der Waals surface area contributed by atoms with Crippen LogP contribution in [-0.4, -0.2) is 54.6 Å². The molecule has 232 valence electrons. The first-order chi connectivity index (χ1) is 20.7. The van der Waals surface area contributed by atoms with Crippen LogP contribution in [0.4, 0.5) is 25.6 Å². The smallest absolute Gasteiger partial charge is 0.413 e.